The van der Waals surface area contributed by atoms with Gasteiger partial charge in [0.2, 0.25) is 0 Å². The maximum absolute atomic E-state index is 5.22. The van der Waals surface area contributed by atoms with Crippen LogP contribution in [0.15, 0.2) is 188 Å². The second kappa shape index (κ2) is 13.5. The molecule has 0 bridgehead atoms. The molecule has 0 aliphatic carbocycles. The summed E-state index contributed by atoms with van der Waals surface area (Å²) in [5.41, 5.74) is 9.81. The fourth-order valence-corrected chi connectivity index (χ4v) is 10.2. The van der Waals surface area contributed by atoms with Crippen molar-refractivity contribution in [1.82, 2.24) is 15.0 Å². The number of hydrogen-bond donors (Lipinski definition) is 0. The van der Waals surface area contributed by atoms with Crippen molar-refractivity contribution >= 4 is 63.0 Å². The summed E-state index contributed by atoms with van der Waals surface area (Å²) < 4.78 is 5.15. The summed E-state index contributed by atoms with van der Waals surface area (Å²) in [5, 5.41) is 5.13. The third kappa shape index (κ3) is 5.68. The smallest absolute Gasteiger partial charge is 0.164 e. The van der Waals surface area contributed by atoms with E-state index in [0.29, 0.717) is 17.5 Å². The van der Waals surface area contributed by atoms with Gasteiger partial charge in [0.1, 0.15) is 0 Å². The standard InChI is InChI=1S/C51H31N3S2/c1-2-12-32(13-3-1)33-26-28-34(29-27-33)49-52-50(37-16-8-14-35(30-37)39-20-10-24-45-47(39)41-18-4-6-22-43(41)55-45)54-51(53-49)38-17-9-15-36(31-38)40-21-11-25-46-48(40)42-19-5-7-23-44(42)56-46/h1-31H. The quantitative estimate of drug-likeness (QED) is 0.170. The second-order valence-electron chi connectivity index (χ2n) is 14.0. The van der Waals surface area contributed by atoms with Crippen LogP contribution < -0.4 is 0 Å². The van der Waals surface area contributed by atoms with Gasteiger partial charge in [0.25, 0.3) is 0 Å². The summed E-state index contributed by atoms with van der Waals surface area (Å²) >= 11 is 3.68. The first-order chi connectivity index (χ1) is 27.7. The van der Waals surface area contributed by atoms with Crippen molar-refractivity contribution in [3.8, 4) is 67.5 Å². The lowest BCUT2D eigenvalue weighted by Crippen LogP contribution is -2.00. The average Bonchev–Trinajstić information content (AvgIpc) is 3.86. The van der Waals surface area contributed by atoms with Crippen molar-refractivity contribution in [2.75, 3.05) is 0 Å². The van der Waals surface area contributed by atoms with Crippen LogP contribution in [0.5, 0.6) is 0 Å². The molecule has 56 heavy (non-hydrogen) atoms. The monoisotopic (exact) mass is 749 g/mol. The first-order valence-electron chi connectivity index (χ1n) is 18.7. The minimum absolute atomic E-state index is 0.636. The second-order valence-corrected chi connectivity index (χ2v) is 16.1. The van der Waals surface area contributed by atoms with Gasteiger partial charge in [-0.25, -0.2) is 15.0 Å². The molecule has 262 valence electrons. The maximum Gasteiger partial charge on any atom is 0.164 e. The molecule has 0 amide bonds. The lowest BCUT2D eigenvalue weighted by atomic mass is 9.97. The van der Waals surface area contributed by atoms with Crippen molar-refractivity contribution in [1.29, 1.82) is 0 Å². The van der Waals surface area contributed by atoms with Gasteiger partial charge in [0, 0.05) is 57.0 Å². The van der Waals surface area contributed by atoms with Crippen molar-refractivity contribution in [2.45, 2.75) is 0 Å². The van der Waals surface area contributed by atoms with E-state index in [1.54, 1.807) is 0 Å². The third-order valence-electron chi connectivity index (χ3n) is 10.6. The van der Waals surface area contributed by atoms with E-state index in [2.05, 4.69) is 182 Å². The van der Waals surface area contributed by atoms with Crippen LogP contribution in [0, 0.1) is 0 Å². The highest BCUT2D eigenvalue weighted by Gasteiger charge is 2.17. The Morgan fingerprint density at radius 2 is 0.643 bits per heavy atom. The van der Waals surface area contributed by atoms with Gasteiger partial charge < -0.3 is 0 Å². The van der Waals surface area contributed by atoms with Gasteiger partial charge >= 0.3 is 0 Å². The van der Waals surface area contributed by atoms with Crippen molar-refractivity contribution in [3.63, 3.8) is 0 Å². The summed E-state index contributed by atoms with van der Waals surface area (Å²) in [4.78, 5) is 15.6. The maximum atomic E-state index is 5.22. The predicted molar refractivity (Wildman–Crippen MR) is 238 cm³/mol. The van der Waals surface area contributed by atoms with E-state index in [-0.39, 0.29) is 0 Å². The molecule has 0 aliphatic heterocycles. The van der Waals surface area contributed by atoms with Crippen LogP contribution in [0.4, 0.5) is 0 Å². The molecule has 0 N–H and O–H groups in total. The van der Waals surface area contributed by atoms with E-state index in [1.807, 2.05) is 28.7 Å². The third-order valence-corrected chi connectivity index (χ3v) is 12.8. The molecule has 0 radical (unpaired) electrons. The van der Waals surface area contributed by atoms with Gasteiger partial charge in [-0.2, -0.15) is 0 Å². The van der Waals surface area contributed by atoms with E-state index in [1.165, 1.54) is 57.0 Å². The van der Waals surface area contributed by atoms with Gasteiger partial charge in [-0.05, 0) is 69.8 Å². The zero-order valence-corrected chi connectivity index (χ0v) is 31.7. The molecule has 5 heteroatoms. The zero-order chi connectivity index (χ0) is 37.0. The fraction of sp³-hybridized carbons (Fsp3) is 0. The summed E-state index contributed by atoms with van der Waals surface area (Å²) in [6, 6.07) is 66.8. The molecule has 0 aliphatic rings. The highest BCUT2D eigenvalue weighted by Crippen LogP contribution is 2.42. The molecule has 0 fully saturated rings. The Balaban J connectivity index is 1.07. The molecule has 0 unspecified atom stereocenters. The number of nitrogens with zero attached hydrogens (tertiary/aromatic N) is 3. The van der Waals surface area contributed by atoms with Crippen LogP contribution in [-0.4, -0.2) is 15.0 Å². The van der Waals surface area contributed by atoms with Crippen LogP contribution in [0.1, 0.15) is 0 Å². The van der Waals surface area contributed by atoms with Crippen LogP contribution in [0.25, 0.3) is 108 Å². The van der Waals surface area contributed by atoms with Crippen LogP contribution in [0.2, 0.25) is 0 Å². The number of benzene rings is 8. The first kappa shape index (κ1) is 32.6. The number of hydrogen-bond acceptors (Lipinski definition) is 5. The molecular formula is C51H31N3S2. The van der Waals surface area contributed by atoms with Gasteiger partial charge in [-0.3, -0.25) is 0 Å². The highest BCUT2D eigenvalue weighted by atomic mass is 32.1. The lowest BCUT2D eigenvalue weighted by molar-refractivity contribution is 1.07. The normalized spacial score (nSPS) is 11.6. The SMILES string of the molecule is c1ccc(-c2ccc(-c3nc(-c4cccc(-c5cccc6sc7ccccc7c56)c4)nc(-c4cccc(-c5cccc6sc7ccccc7c56)c4)n3)cc2)cc1. The van der Waals surface area contributed by atoms with E-state index in [4.69, 9.17) is 15.0 Å². The van der Waals surface area contributed by atoms with Crippen LogP contribution >= 0.6 is 22.7 Å². The minimum atomic E-state index is 0.636. The summed E-state index contributed by atoms with van der Waals surface area (Å²) in [6.07, 6.45) is 0. The molecule has 0 saturated heterocycles. The first-order valence-corrected chi connectivity index (χ1v) is 20.3. The lowest BCUT2D eigenvalue weighted by Gasteiger charge is -2.12. The van der Waals surface area contributed by atoms with Crippen LogP contribution in [0.3, 0.4) is 0 Å². The molecule has 3 aromatic heterocycles. The molecule has 8 aromatic carbocycles. The number of fused-ring (bicyclic) bond motifs is 6. The Bertz CT molecular complexity index is 3080. The van der Waals surface area contributed by atoms with E-state index < -0.39 is 0 Å². The van der Waals surface area contributed by atoms with Crippen molar-refractivity contribution < 1.29 is 0 Å². The Hall–Kier alpha value is -6.79. The van der Waals surface area contributed by atoms with Crippen molar-refractivity contribution in [2.24, 2.45) is 0 Å². The van der Waals surface area contributed by atoms with Crippen LogP contribution in [-0.2, 0) is 0 Å². The van der Waals surface area contributed by atoms with Gasteiger partial charge in [-0.15, -0.1) is 22.7 Å². The fourth-order valence-electron chi connectivity index (χ4n) is 7.89. The number of aromatic nitrogens is 3. The Morgan fingerprint density at radius 1 is 0.268 bits per heavy atom. The molecule has 11 rings (SSSR count). The Kier molecular flexibility index (Phi) is 7.87. The molecule has 0 atom stereocenters. The van der Waals surface area contributed by atoms with E-state index >= 15 is 0 Å². The minimum Gasteiger partial charge on any atom is -0.208 e. The predicted octanol–water partition coefficient (Wildman–Crippen LogP) is 14.6. The van der Waals surface area contributed by atoms with Gasteiger partial charge in [-0.1, -0.05) is 152 Å². The number of rotatable bonds is 6. The average molecular weight is 750 g/mol. The Labute approximate surface area is 331 Å². The van der Waals surface area contributed by atoms with Gasteiger partial charge in [0.15, 0.2) is 17.5 Å². The summed E-state index contributed by atoms with van der Waals surface area (Å²) in [7, 11) is 0. The largest absolute Gasteiger partial charge is 0.208 e. The van der Waals surface area contributed by atoms with Gasteiger partial charge in [0.05, 0.1) is 0 Å². The molecule has 0 spiro atoms. The molecular weight excluding hydrogens is 719 g/mol. The zero-order valence-electron chi connectivity index (χ0n) is 30.1. The molecule has 3 nitrogen and oxygen atoms in total. The topological polar surface area (TPSA) is 38.7 Å². The summed E-state index contributed by atoms with van der Waals surface area (Å²) in [6.45, 7) is 0. The van der Waals surface area contributed by atoms with E-state index in [9.17, 15) is 0 Å². The molecule has 11 aromatic rings. The molecule has 3 heterocycles. The number of thiophene rings is 2. The highest BCUT2D eigenvalue weighted by molar-refractivity contribution is 7.26. The summed E-state index contributed by atoms with van der Waals surface area (Å²) in [5.74, 6) is 1.91. The van der Waals surface area contributed by atoms with Crippen molar-refractivity contribution in [3.05, 3.63) is 188 Å². The molecule has 0 saturated carbocycles. The Morgan fingerprint density at radius 3 is 1.18 bits per heavy atom. The van der Waals surface area contributed by atoms with E-state index in [0.717, 1.165) is 33.4 Å².